The summed E-state index contributed by atoms with van der Waals surface area (Å²) in [5.41, 5.74) is 0. The molecule has 0 aromatic rings. The molecule has 1 N–H and O–H groups in total. The number of hydrogen-bond donors (Lipinski definition) is 1. The lowest BCUT2D eigenvalue weighted by molar-refractivity contribution is -0.136. The Balaban J connectivity index is 0.00000162. The van der Waals surface area contributed by atoms with Crippen molar-refractivity contribution in [1.29, 1.82) is 0 Å². The van der Waals surface area contributed by atoms with Crippen LogP contribution in [0.1, 0.15) is 26.7 Å². The van der Waals surface area contributed by atoms with Gasteiger partial charge in [-0.25, -0.2) is 8.78 Å². The van der Waals surface area contributed by atoms with Gasteiger partial charge in [0, 0.05) is 19.5 Å². The molecular weight excluding hydrogens is 262 g/mol. The first-order chi connectivity index (χ1) is 7.87. The molecule has 2 rings (SSSR count). The number of carbonyl (C=O) groups is 1. The fraction of sp³-hybridized carbons (Fsp3) is 0.917. The zero-order valence-corrected chi connectivity index (χ0v) is 11.6. The van der Waals surface area contributed by atoms with Crippen molar-refractivity contribution >= 4 is 18.3 Å². The Bertz CT molecular complexity index is 304. The highest BCUT2D eigenvalue weighted by Gasteiger charge is 2.44. The number of carbonyl (C=O) groups excluding carboxylic acids is 1. The zero-order valence-electron chi connectivity index (χ0n) is 10.8. The molecule has 106 valence electrons. The number of piperidine rings is 1. The zero-order chi connectivity index (χ0) is 12.6. The fourth-order valence-corrected chi connectivity index (χ4v) is 2.95. The molecule has 2 saturated heterocycles. The van der Waals surface area contributed by atoms with E-state index in [-0.39, 0.29) is 31.3 Å². The molecule has 0 aromatic heterocycles. The normalized spacial score (nSPS) is 35.1. The molecule has 6 heteroatoms. The molecular formula is C12H21ClF2N2O. The van der Waals surface area contributed by atoms with Crippen molar-refractivity contribution in [2.45, 2.75) is 38.7 Å². The quantitative estimate of drug-likeness (QED) is 0.797. The summed E-state index contributed by atoms with van der Waals surface area (Å²) in [4.78, 5) is 13.9. The third-order valence-corrected chi connectivity index (χ3v) is 3.59. The number of likely N-dealkylation sites (tertiary alicyclic amines) is 1. The maximum atomic E-state index is 13.0. The second kappa shape index (κ2) is 5.70. The van der Waals surface area contributed by atoms with Crippen LogP contribution in [0.25, 0.3) is 0 Å². The average molecular weight is 283 g/mol. The predicted molar refractivity (Wildman–Crippen MR) is 68.1 cm³/mol. The maximum Gasteiger partial charge on any atom is 0.262 e. The molecule has 18 heavy (non-hydrogen) atoms. The van der Waals surface area contributed by atoms with E-state index in [9.17, 15) is 13.6 Å². The molecule has 0 spiro atoms. The van der Waals surface area contributed by atoms with Gasteiger partial charge in [-0.15, -0.1) is 12.4 Å². The van der Waals surface area contributed by atoms with E-state index in [0.29, 0.717) is 24.9 Å². The molecule has 0 bridgehead atoms. The smallest absolute Gasteiger partial charge is 0.262 e. The van der Waals surface area contributed by atoms with E-state index in [0.717, 1.165) is 6.42 Å². The summed E-state index contributed by atoms with van der Waals surface area (Å²) >= 11 is 0. The highest BCUT2D eigenvalue weighted by atomic mass is 35.5. The Morgan fingerprint density at radius 3 is 2.28 bits per heavy atom. The van der Waals surface area contributed by atoms with Crippen molar-refractivity contribution < 1.29 is 13.6 Å². The number of nitrogens with one attached hydrogen (secondary N) is 1. The molecule has 3 unspecified atom stereocenters. The number of amides is 1. The van der Waals surface area contributed by atoms with Crippen LogP contribution in [0.5, 0.6) is 0 Å². The van der Waals surface area contributed by atoms with Crippen LogP contribution in [-0.2, 0) is 4.79 Å². The number of hydrogen-bond acceptors (Lipinski definition) is 2. The molecule has 2 fully saturated rings. The molecule has 3 nitrogen and oxygen atoms in total. The number of halogens is 3. The summed E-state index contributed by atoms with van der Waals surface area (Å²) in [7, 11) is 0. The SMILES string of the molecule is CC1CC(C)CN(C(=O)C2CC(F)(F)CN2)C1.Cl. The van der Waals surface area contributed by atoms with Crippen molar-refractivity contribution in [3.05, 3.63) is 0 Å². The van der Waals surface area contributed by atoms with Crippen LogP contribution < -0.4 is 5.32 Å². The summed E-state index contributed by atoms with van der Waals surface area (Å²) in [6.45, 7) is 5.24. The molecule has 2 aliphatic heterocycles. The third-order valence-electron chi connectivity index (χ3n) is 3.59. The first-order valence-corrected chi connectivity index (χ1v) is 6.27. The topological polar surface area (TPSA) is 32.3 Å². The summed E-state index contributed by atoms with van der Waals surface area (Å²) < 4.78 is 26.1. The second-order valence-electron chi connectivity index (χ2n) is 5.68. The van der Waals surface area contributed by atoms with Crippen LogP contribution in [0, 0.1) is 11.8 Å². The number of alkyl halides is 2. The van der Waals surface area contributed by atoms with Crippen LogP contribution in [0.15, 0.2) is 0 Å². The monoisotopic (exact) mass is 282 g/mol. The van der Waals surface area contributed by atoms with Crippen LogP contribution in [0.3, 0.4) is 0 Å². The van der Waals surface area contributed by atoms with E-state index in [1.165, 1.54) is 0 Å². The van der Waals surface area contributed by atoms with E-state index in [4.69, 9.17) is 0 Å². The van der Waals surface area contributed by atoms with Gasteiger partial charge in [0.25, 0.3) is 5.92 Å². The van der Waals surface area contributed by atoms with Gasteiger partial charge >= 0.3 is 0 Å². The molecule has 0 aromatic carbocycles. The molecule has 3 atom stereocenters. The van der Waals surface area contributed by atoms with Crippen molar-refractivity contribution in [2.24, 2.45) is 11.8 Å². The maximum absolute atomic E-state index is 13.0. The van der Waals surface area contributed by atoms with Gasteiger partial charge in [-0.1, -0.05) is 13.8 Å². The molecule has 1 amide bonds. The molecule has 2 heterocycles. The lowest BCUT2D eigenvalue weighted by Gasteiger charge is -2.36. The molecule has 0 aliphatic carbocycles. The van der Waals surface area contributed by atoms with Gasteiger partial charge in [0.2, 0.25) is 5.91 Å². The van der Waals surface area contributed by atoms with Crippen molar-refractivity contribution in [3.8, 4) is 0 Å². The van der Waals surface area contributed by atoms with Gasteiger partial charge in [0.05, 0.1) is 12.6 Å². The second-order valence-corrected chi connectivity index (χ2v) is 5.68. The van der Waals surface area contributed by atoms with Crippen molar-refractivity contribution in [1.82, 2.24) is 10.2 Å². The minimum Gasteiger partial charge on any atom is -0.341 e. The molecule has 0 radical (unpaired) electrons. The van der Waals surface area contributed by atoms with E-state index < -0.39 is 12.0 Å². The van der Waals surface area contributed by atoms with Gasteiger partial charge in [-0.2, -0.15) is 0 Å². The molecule has 2 aliphatic rings. The standard InChI is InChI=1S/C12H20F2N2O.ClH/c1-8-3-9(2)6-16(5-8)11(17)10-4-12(13,14)7-15-10;/h8-10,15H,3-7H2,1-2H3;1H. The Labute approximate surface area is 113 Å². The van der Waals surface area contributed by atoms with Gasteiger partial charge in [-0.3, -0.25) is 10.1 Å². The van der Waals surface area contributed by atoms with Gasteiger partial charge in [-0.05, 0) is 18.3 Å². The van der Waals surface area contributed by atoms with E-state index >= 15 is 0 Å². The molecule has 0 saturated carbocycles. The average Bonchev–Trinajstić information content (AvgIpc) is 2.56. The van der Waals surface area contributed by atoms with Crippen LogP contribution >= 0.6 is 12.4 Å². The summed E-state index contributed by atoms with van der Waals surface area (Å²) in [5, 5.41) is 2.63. The van der Waals surface area contributed by atoms with E-state index in [1.54, 1.807) is 4.90 Å². The summed E-state index contributed by atoms with van der Waals surface area (Å²) in [6.07, 6.45) is 0.753. The van der Waals surface area contributed by atoms with Crippen LogP contribution in [0.4, 0.5) is 8.78 Å². The minimum atomic E-state index is -2.73. The van der Waals surface area contributed by atoms with Crippen LogP contribution in [0.2, 0.25) is 0 Å². The van der Waals surface area contributed by atoms with E-state index in [2.05, 4.69) is 19.2 Å². The lowest BCUT2D eigenvalue weighted by Crippen LogP contribution is -2.49. The van der Waals surface area contributed by atoms with Gasteiger partial charge in [0.15, 0.2) is 0 Å². The number of rotatable bonds is 1. The Morgan fingerprint density at radius 1 is 1.28 bits per heavy atom. The Morgan fingerprint density at radius 2 is 1.83 bits per heavy atom. The summed E-state index contributed by atoms with van der Waals surface area (Å²) in [6, 6.07) is -0.692. The third kappa shape index (κ3) is 3.54. The first kappa shape index (κ1) is 15.6. The largest absolute Gasteiger partial charge is 0.341 e. The predicted octanol–water partition coefficient (Wildman–Crippen LogP) is 1.91. The van der Waals surface area contributed by atoms with Crippen molar-refractivity contribution in [3.63, 3.8) is 0 Å². The number of nitrogens with zero attached hydrogens (tertiary/aromatic N) is 1. The highest BCUT2D eigenvalue weighted by molar-refractivity contribution is 5.85. The first-order valence-electron chi connectivity index (χ1n) is 6.27. The minimum absolute atomic E-state index is 0. The van der Waals surface area contributed by atoms with E-state index in [1.807, 2.05) is 0 Å². The lowest BCUT2D eigenvalue weighted by atomic mass is 9.91. The van der Waals surface area contributed by atoms with Gasteiger partial charge in [0.1, 0.15) is 0 Å². The Hall–Kier alpha value is -0.420. The fourth-order valence-electron chi connectivity index (χ4n) is 2.95. The van der Waals surface area contributed by atoms with Crippen LogP contribution in [-0.4, -0.2) is 42.4 Å². The van der Waals surface area contributed by atoms with Gasteiger partial charge < -0.3 is 4.90 Å². The Kier molecular flexibility index (Phi) is 4.95. The summed E-state index contributed by atoms with van der Waals surface area (Å²) in [5.74, 6) is -1.96. The van der Waals surface area contributed by atoms with Crippen molar-refractivity contribution in [2.75, 3.05) is 19.6 Å². The highest BCUT2D eigenvalue weighted by Crippen LogP contribution is 2.28.